The molecule has 0 aliphatic rings. The molecule has 1 N–H and O–H groups in total. The van der Waals surface area contributed by atoms with Crippen molar-refractivity contribution < 1.29 is 26.4 Å². The van der Waals surface area contributed by atoms with Gasteiger partial charge in [0.15, 0.2) is 17.5 Å². The van der Waals surface area contributed by atoms with Crippen molar-refractivity contribution in [3.63, 3.8) is 0 Å². The van der Waals surface area contributed by atoms with Gasteiger partial charge in [-0.2, -0.15) is 0 Å². The SMILES string of the molecule is CN(C)S(=O)(=O)c1ccc(CCC(=O)Nc2ccc(F)c(F)c2F)cc1. The molecule has 0 heterocycles. The maximum absolute atomic E-state index is 13.5. The minimum atomic E-state index is -3.53. The van der Waals surface area contributed by atoms with E-state index < -0.39 is 39.1 Å². The van der Waals surface area contributed by atoms with E-state index in [1.807, 2.05) is 0 Å². The highest BCUT2D eigenvalue weighted by Gasteiger charge is 2.17. The molecule has 0 saturated carbocycles. The Labute approximate surface area is 149 Å². The van der Waals surface area contributed by atoms with E-state index in [0.717, 1.165) is 16.4 Å². The lowest BCUT2D eigenvalue weighted by Crippen LogP contribution is -2.22. The second kappa shape index (κ2) is 7.88. The molecule has 0 aliphatic heterocycles. The zero-order chi connectivity index (χ0) is 19.5. The van der Waals surface area contributed by atoms with Crippen molar-refractivity contribution in [3.8, 4) is 0 Å². The summed E-state index contributed by atoms with van der Waals surface area (Å²) in [5.41, 5.74) is 0.255. The molecule has 0 aliphatic carbocycles. The van der Waals surface area contributed by atoms with Crippen LogP contribution in [0.5, 0.6) is 0 Å². The van der Waals surface area contributed by atoms with Crippen molar-refractivity contribution in [3.05, 3.63) is 59.4 Å². The van der Waals surface area contributed by atoms with Crippen LogP contribution in [0.4, 0.5) is 18.9 Å². The number of carbonyl (C=O) groups excluding carboxylic acids is 1. The number of nitrogens with one attached hydrogen (secondary N) is 1. The molecule has 0 fully saturated rings. The van der Waals surface area contributed by atoms with Crippen LogP contribution in [0.3, 0.4) is 0 Å². The Morgan fingerprint density at radius 1 is 1.00 bits per heavy atom. The van der Waals surface area contributed by atoms with Gasteiger partial charge in [-0.3, -0.25) is 4.79 Å². The minimum Gasteiger partial charge on any atom is -0.323 e. The summed E-state index contributed by atoms with van der Waals surface area (Å²) in [4.78, 5) is 12.0. The number of aryl methyl sites for hydroxylation is 1. The molecule has 1 amide bonds. The van der Waals surface area contributed by atoms with Crippen LogP contribution in [-0.2, 0) is 21.2 Å². The predicted octanol–water partition coefficient (Wildman–Crippen LogP) is 2.93. The van der Waals surface area contributed by atoms with E-state index >= 15 is 0 Å². The molecule has 0 atom stereocenters. The first-order valence-electron chi connectivity index (χ1n) is 7.57. The standard InChI is InChI=1S/C17H17F3N2O3S/c1-22(2)26(24,25)12-6-3-11(4-7-12)5-10-15(23)21-14-9-8-13(18)16(19)17(14)20/h3-4,6-9H,5,10H2,1-2H3,(H,21,23). The smallest absolute Gasteiger partial charge is 0.242 e. The van der Waals surface area contributed by atoms with Crippen molar-refractivity contribution in [1.29, 1.82) is 0 Å². The summed E-state index contributed by atoms with van der Waals surface area (Å²) in [5, 5.41) is 2.18. The first kappa shape index (κ1) is 19.9. The van der Waals surface area contributed by atoms with Crippen LogP contribution in [0.1, 0.15) is 12.0 Å². The van der Waals surface area contributed by atoms with Gasteiger partial charge >= 0.3 is 0 Å². The fourth-order valence-electron chi connectivity index (χ4n) is 2.13. The largest absolute Gasteiger partial charge is 0.323 e. The van der Waals surface area contributed by atoms with Crippen molar-refractivity contribution in [2.45, 2.75) is 17.7 Å². The molecule has 140 valence electrons. The van der Waals surface area contributed by atoms with E-state index in [-0.39, 0.29) is 17.7 Å². The van der Waals surface area contributed by atoms with Gasteiger partial charge in [0.05, 0.1) is 10.6 Å². The summed E-state index contributed by atoms with van der Waals surface area (Å²) in [7, 11) is -0.689. The molecule has 2 aromatic carbocycles. The van der Waals surface area contributed by atoms with Crippen molar-refractivity contribution in [2.24, 2.45) is 0 Å². The Morgan fingerprint density at radius 3 is 2.19 bits per heavy atom. The maximum atomic E-state index is 13.5. The summed E-state index contributed by atoms with van der Waals surface area (Å²) >= 11 is 0. The zero-order valence-corrected chi connectivity index (χ0v) is 14.9. The van der Waals surface area contributed by atoms with Gasteiger partial charge < -0.3 is 5.32 Å². The van der Waals surface area contributed by atoms with Crippen molar-refractivity contribution >= 4 is 21.6 Å². The molecular formula is C17H17F3N2O3S. The Balaban J connectivity index is 1.99. The number of sulfonamides is 1. The molecule has 0 bridgehead atoms. The van der Waals surface area contributed by atoms with Gasteiger partial charge in [-0.05, 0) is 36.2 Å². The van der Waals surface area contributed by atoms with Gasteiger partial charge in [0, 0.05) is 20.5 Å². The summed E-state index contributed by atoms with van der Waals surface area (Å²) < 4.78 is 64.5. The van der Waals surface area contributed by atoms with E-state index in [2.05, 4.69) is 5.32 Å². The van der Waals surface area contributed by atoms with Crippen LogP contribution in [0.2, 0.25) is 0 Å². The lowest BCUT2D eigenvalue weighted by Gasteiger charge is -2.11. The van der Waals surface area contributed by atoms with E-state index in [1.165, 1.54) is 26.2 Å². The fraction of sp³-hybridized carbons (Fsp3) is 0.235. The monoisotopic (exact) mass is 386 g/mol. The Morgan fingerprint density at radius 2 is 1.62 bits per heavy atom. The van der Waals surface area contributed by atoms with Gasteiger partial charge in [0.25, 0.3) is 0 Å². The molecule has 0 saturated heterocycles. The first-order valence-corrected chi connectivity index (χ1v) is 9.01. The van der Waals surface area contributed by atoms with E-state index in [1.54, 1.807) is 12.1 Å². The Bertz CT molecular complexity index is 914. The number of amides is 1. The van der Waals surface area contributed by atoms with Crippen LogP contribution in [0.25, 0.3) is 0 Å². The van der Waals surface area contributed by atoms with Crippen LogP contribution in [0.15, 0.2) is 41.3 Å². The van der Waals surface area contributed by atoms with E-state index in [9.17, 15) is 26.4 Å². The molecule has 2 aromatic rings. The topological polar surface area (TPSA) is 66.5 Å². The highest BCUT2D eigenvalue weighted by Crippen LogP contribution is 2.20. The fourth-order valence-corrected chi connectivity index (χ4v) is 3.03. The molecular weight excluding hydrogens is 369 g/mol. The third-order valence-corrected chi connectivity index (χ3v) is 5.48. The van der Waals surface area contributed by atoms with E-state index in [0.29, 0.717) is 5.56 Å². The highest BCUT2D eigenvalue weighted by atomic mass is 32.2. The number of benzene rings is 2. The number of halogens is 3. The normalized spacial score (nSPS) is 11.6. The average Bonchev–Trinajstić information content (AvgIpc) is 2.60. The Hall–Kier alpha value is -2.39. The summed E-state index contributed by atoms with van der Waals surface area (Å²) in [6.45, 7) is 0. The summed E-state index contributed by atoms with van der Waals surface area (Å²) in [6.07, 6.45) is 0.220. The molecule has 26 heavy (non-hydrogen) atoms. The van der Waals surface area contributed by atoms with E-state index in [4.69, 9.17) is 0 Å². The first-order chi connectivity index (χ1) is 12.1. The van der Waals surface area contributed by atoms with Crippen molar-refractivity contribution in [1.82, 2.24) is 4.31 Å². The van der Waals surface area contributed by atoms with Gasteiger partial charge in [-0.15, -0.1) is 0 Å². The van der Waals surface area contributed by atoms with Crippen LogP contribution in [0, 0.1) is 17.5 Å². The third kappa shape index (κ3) is 4.41. The van der Waals surface area contributed by atoms with Crippen LogP contribution < -0.4 is 5.32 Å². The molecule has 0 unspecified atom stereocenters. The second-order valence-electron chi connectivity index (χ2n) is 5.70. The van der Waals surface area contributed by atoms with Gasteiger partial charge in [0.1, 0.15) is 0 Å². The number of hydrogen-bond acceptors (Lipinski definition) is 3. The predicted molar refractivity (Wildman–Crippen MR) is 90.6 cm³/mol. The van der Waals surface area contributed by atoms with Gasteiger partial charge in [0.2, 0.25) is 15.9 Å². The number of hydrogen-bond donors (Lipinski definition) is 1. The number of anilines is 1. The molecule has 0 radical (unpaired) electrons. The second-order valence-corrected chi connectivity index (χ2v) is 7.85. The quantitative estimate of drug-likeness (QED) is 0.777. The molecule has 9 heteroatoms. The average molecular weight is 386 g/mol. The van der Waals surface area contributed by atoms with Crippen molar-refractivity contribution in [2.75, 3.05) is 19.4 Å². The highest BCUT2D eigenvalue weighted by molar-refractivity contribution is 7.89. The zero-order valence-electron chi connectivity index (χ0n) is 14.1. The number of nitrogens with zero attached hydrogens (tertiary/aromatic N) is 1. The van der Waals surface area contributed by atoms with Gasteiger partial charge in [-0.1, -0.05) is 12.1 Å². The summed E-state index contributed by atoms with van der Waals surface area (Å²) in [5.74, 6) is -5.04. The minimum absolute atomic E-state index is 0.0434. The lowest BCUT2D eigenvalue weighted by atomic mass is 10.1. The van der Waals surface area contributed by atoms with Crippen LogP contribution in [-0.4, -0.2) is 32.7 Å². The maximum Gasteiger partial charge on any atom is 0.242 e. The molecule has 0 aromatic heterocycles. The summed E-state index contributed by atoms with van der Waals surface area (Å²) in [6, 6.07) is 7.66. The molecule has 0 spiro atoms. The molecule has 5 nitrogen and oxygen atoms in total. The number of rotatable bonds is 6. The Kier molecular flexibility index (Phi) is 6.04. The van der Waals surface area contributed by atoms with Gasteiger partial charge in [-0.25, -0.2) is 25.9 Å². The number of carbonyl (C=O) groups is 1. The lowest BCUT2D eigenvalue weighted by molar-refractivity contribution is -0.116. The molecule has 2 rings (SSSR count). The van der Waals surface area contributed by atoms with Crippen LogP contribution >= 0.6 is 0 Å². The third-order valence-electron chi connectivity index (χ3n) is 3.65.